The molecular formula is C21H27N3O3. The zero-order valence-electron chi connectivity index (χ0n) is 16.6. The Morgan fingerprint density at radius 1 is 1.44 bits per heavy atom. The molecule has 1 aromatic heterocycles. The van der Waals surface area contributed by atoms with E-state index in [0.717, 1.165) is 28.2 Å². The molecule has 0 fully saturated rings. The first-order valence-corrected chi connectivity index (χ1v) is 9.16. The van der Waals surface area contributed by atoms with Crippen LogP contribution in [0.2, 0.25) is 0 Å². The van der Waals surface area contributed by atoms with Gasteiger partial charge in [0.15, 0.2) is 11.5 Å². The molecule has 0 aliphatic carbocycles. The maximum absolute atomic E-state index is 12.5. The van der Waals surface area contributed by atoms with E-state index >= 15 is 0 Å². The second-order valence-electron chi connectivity index (χ2n) is 7.32. The topological polar surface area (TPSA) is 65.4 Å². The molecule has 0 radical (unpaired) electrons. The predicted molar refractivity (Wildman–Crippen MR) is 106 cm³/mol. The van der Waals surface area contributed by atoms with Crippen LogP contribution in [-0.4, -0.2) is 29.4 Å². The van der Waals surface area contributed by atoms with Gasteiger partial charge in [0.25, 0.3) is 0 Å². The summed E-state index contributed by atoms with van der Waals surface area (Å²) < 4.78 is 13.4. The van der Waals surface area contributed by atoms with Crippen molar-refractivity contribution in [2.24, 2.45) is 0 Å². The fourth-order valence-electron chi connectivity index (χ4n) is 3.53. The number of hydrogen-bond acceptors (Lipinski definition) is 4. The monoisotopic (exact) mass is 369 g/mol. The Kier molecular flexibility index (Phi) is 5.26. The van der Waals surface area contributed by atoms with Gasteiger partial charge >= 0.3 is 0 Å². The minimum Gasteiger partial charge on any atom is -0.493 e. The summed E-state index contributed by atoms with van der Waals surface area (Å²) >= 11 is 0. The Morgan fingerprint density at radius 2 is 2.19 bits per heavy atom. The van der Waals surface area contributed by atoms with Crippen molar-refractivity contribution in [3.8, 4) is 11.5 Å². The number of methoxy groups -OCH3 is 1. The molecule has 1 N–H and O–H groups in total. The van der Waals surface area contributed by atoms with Crippen molar-refractivity contribution in [3.05, 3.63) is 47.2 Å². The molecule has 2 heterocycles. The summed E-state index contributed by atoms with van der Waals surface area (Å²) in [7, 11) is 1.62. The van der Waals surface area contributed by atoms with Crippen molar-refractivity contribution in [3.63, 3.8) is 0 Å². The molecule has 1 atom stereocenters. The van der Waals surface area contributed by atoms with Crippen molar-refractivity contribution >= 4 is 11.7 Å². The Labute approximate surface area is 160 Å². The van der Waals surface area contributed by atoms with Crippen LogP contribution in [0.1, 0.15) is 56.0 Å². The first-order valence-electron chi connectivity index (χ1n) is 9.16. The van der Waals surface area contributed by atoms with E-state index in [9.17, 15) is 4.79 Å². The van der Waals surface area contributed by atoms with Crippen LogP contribution >= 0.6 is 0 Å². The van der Waals surface area contributed by atoms with Crippen molar-refractivity contribution in [2.45, 2.75) is 46.1 Å². The van der Waals surface area contributed by atoms with E-state index in [-0.39, 0.29) is 17.9 Å². The highest BCUT2D eigenvalue weighted by Gasteiger charge is 2.35. The number of benzene rings is 1. The Hall–Kier alpha value is -2.76. The number of nitrogens with zero attached hydrogens (tertiary/aromatic N) is 2. The molecule has 6 nitrogen and oxygen atoms in total. The van der Waals surface area contributed by atoms with Crippen LogP contribution in [0.3, 0.4) is 0 Å². The van der Waals surface area contributed by atoms with E-state index in [4.69, 9.17) is 9.47 Å². The molecule has 1 aromatic carbocycles. The fraction of sp³-hybridized carbons (Fsp3) is 0.429. The number of amides is 1. The summed E-state index contributed by atoms with van der Waals surface area (Å²) in [6.45, 7) is 12.3. The third kappa shape index (κ3) is 3.56. The molecule has 1 aliphatic heterocycles. The summed E-state index contributed by atoms with van der Waals surface area (Å²) in [4.78, 5) is 12.5. The molecule has 144 valence electrons. The summed E-state index contributed by atoms with van der Waals surface area (Å²) in [6, 6.07) is 5.94. The lowest BCUT2D eigenvalue weighted by molar-refractivity contribution is -0.116. The van der Waals surface area contributed by atoms with Gasteiger partial charge in [-0.05, 0) is 39.3 Å². The molecule has 6 heteroatoms. The number of fused-ring (bicyclic) bond motifs is 1. The van der Waals surface area contributed by atoms with Crippen LogP contribution < -0.4 is 14.8 Å². The van der Waals surface area contributed by atoms with Gasteiger partial charge in [0, 0.05) is 29.5 Å². The number of rotatable bonds is 6. The van der Waals surface area contributed by atoms with Gasteiger partial charge in [-0.3, -0.25) is 4.79 Å². The van der Waals surface area contributed by atoms with Gasteiger partial charge in [-0.25, -0.2) is 4.68 Å². The standard InChI is InChI=1S/C21H27N3O3/c1-12(2)11-27-20-15(8-7-9-17(20)26-6)16-10-18(25)22-21-19(16)14(5)23-24(21)13(3)4/h7-9,13,16H,1,10-11H2,2-6H3,(H,22,25)/t16-/m0/s1. The SMILES string of the molecule is C=C(C)COc1c(OC)cccc1[C@@H]1CC(=O)Nc2c1c(C)nn2C(C)C. The maximum Gasteiger partial charge on any atom is 0.226 e. The van der Waals surface area contributed by atoms with Crippen LogP contribution in [0.15, 0.2) is 30.4 Å². The largest absolute Gasteiger partial charge is 0.493 e. The smallest absolute Gasteiger partial charge is 0.226 e. The average Bonchev–Trinajstić information content (AvgIpc) is 2.95. The van der Waals surface area contributed by atoms with Crippen LogP contribution in [0.4, 0.5) is 5.82 Å². The molecule has 0 unspecified atom stereocenters. The quantitative estimate of drug-likeness (QED) is 0.775. The number of carbonyl (C=O) groups is 1. The van der Waals surface area contributed by atoms with Gasteiger partial charge in [0.05, 0.1) is 12.8 Å². The minimum atomic E-state index is -0.142. The number of anilines is 1. The molecule has 0 saturated carbocycles. The number of para-hydroxylation sites is 1. The molecule has 0 saturated heterocycles. The molecule has 3 rings (SSSR count). The molecule has 0 spiro atoms. The van der Waals surface area contributed by atoms with Crippen molar-refractivity contribution in [1.82, 2.24) is 9.78 Å². The van der Waals surface area contributed by atoms with Crippen molar-refractivity contribution < 1.29 is 14.3 Å². The van der Waals surface area contributed by atoms with E-state index in [1.54, 1.807) is 7.11 Å². The molecular weight excluding hydrogens is 342 g/mol. The highest BCUT2D eigenvalue weighted by atomic mass is 16.5. The maximum atomic E-state index is 12.5. The summed E-state index contributed by atoms with van der Waals surface area (Å²) in [5, 5.41) is 7.67. The average molecular weight is 369 g/mol. The Bertz CT molecular complexity index is 883. The first kappa shape index (κ1) is 19.0. The summed E-state index contributed by atoms with van der Waals surface area (Å²) in [5.74, 6) is 1.91. The second kappa shape index (κ2) is 7.47. The minimum absolute atomic E-state index is 0.0250. The lowest BCUT2D eigenvalue weighted by atomic mass is 9.85. The summed E-state index contributed by atoms with van der Waals surface area (Å²) in [6.07, 6.45) is 0.341. The third-order valence-corrected chi connectivity index (χ3v) is 4.68. The fourth-order valence-corrected chi connectivity index (χ4v) is 3.53. The van der Waals surface area contributed by atoms with Gasteiger partial charge in [0.2, 0.25) is 5.91 Å². The van der Waals surface area contributed by atoms with Crippen LogP contribution in [0, 0.1) is 6.92 Å². The van der Waals surface area contributed by atoms with E-state index < -0.39 is 0 Å². The van der Waals surface area contributed by atoms with Crippen LogP contribution in [0.25, 0.3) is 0 Å². The van der Waals surface area contributed by atoms with Gasteiger partial charge < -0.3 is 14.8 Å². The normalized spacial score (nSPS) is 16.1. The first-order chi connectivity index (χ1) is 12.8. The highest BCUT2D eigenvalue weighted by Crippen LogP contribution is 2.45. The number of carbonyl (C=O) groups excluding carboxylic acids is 1. The van der Waals surface area contributed by atoms with Crippen LogP contribution in [-0.2, 0) is 4.79 Å². The summed E-state index contributed by atoms with van der Waals surface area (Å²) in [5.41, 5.74) is 3.80. The van der Waals surface area contributed by atoms with Gasteiger partial charge in [-0.2, -0.15) is 5.10 Å². The van der Waals surface area contributed by atoms with Gasteiger partial charge in [-0.15, -0.1) is 0 Å². The predicted octanol–water partition coefficient (Wildman–Crippen LogP) is 4.21. The van der Waals surface area contributed by atoms with E-state index in [1.165, 1.54) is 0 Å². The van der Waals surface area contributed by atoms with E-state index in [1.807, 2.05) is 36.7 Å². The van der Waals surface area contributed by atoms with Crippen molar-refractivity contribution in [1.29, 1.82) is 0 Å². The van der Waals surface area contributed by atoms with Gasteiger partial charge in [0.1, 0.15) is 12.4 Å². The van der Waals surface area contributed by atoms with E-state index in [0.29, 0.717) is 24.5 Å². The zero-order valence-corrected chi connectivity index (χ0v) is 16.6. The number of ether oxygens (including phenoxy) is 2. The van der Waals surface area contributed by atoms with Gasteiger partial charge in [-0.1, -0.05) is 18.7 Å². The lowest BCUT2D eigenvalue weighted by Gasteiger charge is -2.27. The molecule has 2 aromatic rings. The van der Waals surface area contributed by atoms with E-state index in [2.05, 4.69) is 30.8 Å². The molecule has 27 heavy (non-hydrogen) atoms. The van der Waals surface area contributed by atoms with Crippen LogP contribution in [0.5, 0.6) is 11.5 Å². The lowest BCUT2D eigenvalue weighted by Crippen LogP contribution is -2.26. The molecule has 0 bridgehead atoms. The number of nitrogens with one attached hydrogen (secondary N) is 1. The number of hydrogen-bond donors (Lipinski definition) is 1. The zero-order chi connectivity index (χ0) is 19.7. The highest BCUT2D eigenvalue weighted by molar-refractivity contribution is 5.95. The Balaban J connectivity index is 2.15. The number of aromatic nitrogens is 2. The third-order valence-electron chi connectivity index (χ3n) is 4.68. The molecule has 1 aliphatic rings. The number of aryl methyl sites for hydroxylation is 1. The second-order valence-corrected chi connectivity index (χ2v) is 7.32. The van der Waals surface area contributed by atoms with Crippen molar-refractivity contribution in [2.75, 3.05) is 19.0 Å². The molecule has 1 amide bonds. The Morgan fingerprint density at radius 3 is 2.81 bits per heavy atom.